The van der Waals surface area contributed by atoms with Gasteiger partial charge in [0.05, 0.1) is 16.3 Å². The number of anilines is 4. The first-order chi connectivity index (χ1) is 22.6. The Hall–Kier alpha value is -4.50. The van der Waals surface area contributed by atoms with Crippen molar-refractivity contribution in [3.8, 4) is 0 Å². The van der Waals surface area contributed by atoms with Crippen LogP contribution in [-0.4, -0.2) is 18.7 Å². The van der Waals surface area contributed by atoms with E-state index in [1.807, 2.05) is 36.4 Å². The summed E-state index contributed by atoms with van der Waals surface area (Å²) in [4.78, 5) is 4.43. The summed E-state index contributed by atoms with van der Waals surface area (Å²) in [5, 5.41) is 6.98. The topological polar surface area (TPSA) is 93.6 Å². The zero-order valence-corrected chi connectivity index (χ0v) is 30.2. The van der Waals surface area contributed by atoms with E-state index in [9.17, 15) is 13.0 Å². The first kappa shape index (κ1) is 34.8. The number of allylic oxidation sites excluding steroid dienone is 5. The molecule has 0 fully saturated rings. The molecule has 0 saturated carbocycles. The summed E-state index contributed by atoms with van der Waals surface area (Å²) >= 11 is 0. The molecule has 234 valence electrons. The second kappa shape index (κ2) is 15.2. The molecule has 0 radical (unpaired) electrons. The standard InChI is InChI=1S/C40H35N3O3S.Na/c1-27-6-4-8-36(24-27)41-33-16-10-30(11-17-33)40(31-12-18-34(19-13-31)42-37-9-5-7-28(2)25-37)32-14-20-35(21-15-32)43-38-22-23-39(29(3)26-38)47(44,45)46;/h4-26,41-42H,1-3H3,(H,44,45,46);/q;+1/p-1. The van der Waals surface area contributed by atoms with Crippen molar-refractivity contribution in [1.82, 2.24) is 0 Å². The molecule has 0 bridgehead atoms. The summed E-state index contributed by atoms with van der Waals surface area (Å²) in [5.41, 5.74) is 12.3. The summed E-state index contributed by atoms with van der Waals surface area (Å²) < 4.78 is 34.5. The first-order valence-electron chi connectivity index (χ1n) is 15.2. The Kier molecular flexibility index (Phi) is 11.0. The van der Waals surface area contributed by atoms with Crippen molar-refractivity contribution in [3.63, 3.8) is 0 Å². The van der Waals surface area contributed by atoms with E-state index in [0.717, 1.165) is 45.0 Å². The minimum atomic E-state index is -4.53. The number of hydrogen-bond donors (Lipinski definition) is 2. The molecule has 0 saturated heterocycles. The van der Waals surface area contributed by atoms with Crippen molar-refractivity contribution in [2.24, 2.45) is 4.99 Å². The number of hydrogen-bond acceptors (Lipinski definition) is 6. The van der Waals surface area contributed by atoms with Crippen LogP contribution in [0.15, 0.2) is 155 Å². The Balaban J connectivity index is 0.00000451. The molecule has 48 heavy (non-hydrogen) atoms. The maximum atomic E-state index is 11.5. The Labute approximate surface area is 304 Å². The second-order valence-electron chi connectivity index (χ2n) is 11.6. The van der Waals surface area contributed by atoms with Gasteiger partial charge < -0.3 is 15.2 Å². The van der Waals surface area contributed by atoms with Crippen molar-refractivity contribution in [2.45, 2.75) is 25.7 Å². The minimum Gasteiger partial charge on any atom is -0.744 e. The van der Waals surface area contributed by atoms with Crippen molar-refractivity contribution < 1.29 is 42.5 Å². The fraction of sp³-hybridized carbons (Fsp3) is 0.0750. The van der Waals surface area contributed by atoms with Gasteiger partial charge in [-0.25, -0.2) is 13.4 Å². The maximum absolute atomic E-state index is 11.5. The Bertz CT molecular complexity index is 2070. The number of nitrogens with one attached hydrogen (secondary N) is 2. The first-order valence-corrected chi connectivity index (χ1v) is 16.7. The molecule has 1 aliphatic carbocycles. The molecule has 0 spiro atoms. The summed E-state index contributed by atoms with van der Waals surface area (Å²) in [6.45, 7) is 5.75. The molecular weight excluding hydrogens is 626 g/mol. The van der Waals surface area contributed by atoms with Gasteiger partial charge in [-0.3, -0.25) is 0 Å². The summed E-state index contributed by atoms with van der Waals surface area (Å²) in [6.07, 6.45) is 7.94. The van der Waals surface area contributed by atoms with Crippen molar-refractivity contribution in [3.05, 3.63) is 173 Å². The molecule has 6 nitrogen and oxygen atoms in total. The molecule has 2 N–H and O–H groups in total. The normalized spacial score (nSPS) is 12.3. The van der Waals surface area contributed by atoms with Gasteiger partial charge in [-0.1, -0.05) is 60.7 Å². The molecular formula is C40H34N3NaO3S. The van der Waals surface area contributed by atoms with Gasteiger partial charge in [0.1, 0.15) is 10.1 Å². The third-order valence-corrected chi connectivity index (χ3v) is 8.80. The summed E-state index contributed by atoms with van der Waals surface area (Å²) in [6, 6.07) is 37.9. The van der Waals surface area contributed by atoms with Crippen LogP contribution in [0.5, 0.6) is 0 Å². The quantitative estimate of drug-likeness (QED) is 0.143. The summed E-state index contributed by atoms with van der Waals surface area (Å²) in [5.74, 6) is 0. The van der Waals surface area contributed by atoms with Gasteiger partial charge >= 0.3 is 29.6 Å². The van der Waals surface area contributed by atoms with E-state index in [0.29, 0.717) is 17.0 Å². The largest absolute Gasteiger partial charge is 1.00 e. The predicted octanol–water partition coefficient (Wildman–Crippen LogP) is 6.71. The number of benzene rings is 5. The van der Waals surface area contributed by atoms with Crippen LogP contribution in [0.3, 0.4) is 0 Å². The third kappa shape index (κ3) is 8.69. The van der Waals surface area contributed by atoms with Crippen LogP contribution in [-0.2, 0) is 10.1 Å². The molecule has 0 atom stereocenters. The Morgan fingerprint density at radius 3 is 1.54 bits per heavy atom. The maximum Gasteiger partial charge on any atom is 1.00 e. The van der Waals surface area contributed by atoms with Crippen molar-refractivity contribution in [2.75, 3.05) is 10.6 Å². The molecule has 1 aliphatic rings. The van der Waals surface area contributed by atoms with Gasteiger partial charge in [-0.05, 0) is 139 Å². The summed E-state index contributed by atoms with van der Waals surface area (Å²) in [7, 11) is -4.53. The molecule has 5 aromatic carbocycles. The number of nitrogens with zero attached hydrogens (tertiary/aromatic N) is 1. The average Bonchev–Trinajstić information content (AvgIpc) is 3.03. The molecule has 8 heteroatoms. The monoisotopic (exact) mass is 659 g/mol. The third-order valence-electron chi connectivity index (χ3n) is 7.80. The van der Waals surface area contributed by atoms with E-state index >= 15 is 0 Å². The fourth-order valence-corrected chi connectivity index (χ4v) is 6.24. The molecule has 0 amide bonds. The SMILES string of the molecule is Cc1cccc(Nc2ccc(C(=C3C=CC(=Nc4ccc(S(=O)(=O)[O-])c(C)c4)C=C3)c3ccc(Nc4cccc(C)c4)cc3)cc2)c1.[Na+]. The van der Waals surface area contributed by atoms with Crippen LogP contribution in [0.2, 0.25) is 0 Å². The smallest absolute Gasteiger partial charge is 0.744 e. The van der Waals surface area contributed by atoms with Crippen molar-refractivity contribution >= 4 is 49.8 Å². The zero-order valence-electron chi connectivity index (χ0n) is 27.4. The Morgan fingerprint density at radius 1 is 0.604 bits per heavy atom. The van der Waals surface area contributed by atoms with Crippen molar-refractivity contribution in [1.29, 1.82) is 0 Å². The van der Waals surface area contributed by atoms with Gasteiger partial charge in [0.25, 0.3) is 0 Å². The molecule has 0 unspecified atom stereocenters. The van der Waals surface area contributed by atoms with Gasteiger partial charge in [0.2, 0.25) is 0 Å². The molecule has 6 rings (SSSR count). The molecule has 5 aromatic rings. The van der Waals surface area contributed by atoms with Gasteiger partial charge in [-0.15, -0.1) is 0 Å². The van der Waals surface area contributed by atoms with Crippen LogP contribution in [0.25, 0.3) is 5.57 Å². The minimum absolute atomic E-state index is 0. The number of rotatable bonds is 8. The van der Waals surface area contributed by atoms with Crippen LogP contribution in [0.4, 0.5) is 28.4 Å². The second-order valence-corrected chi connectivity index (χ2v) is 12.9. The number of aliphatic imine (C=N–C) groups is 1. The van der Waals surface area contributed by atoms with Crippen LogP contribution in [0.1, 0.15) is 27.8 Å². The van der Waals surface area contributed by atoms with Crippen LogP contribution >= 0.6 is 0 Å². The van der Waals surface area contributed by atoms with E-state index in [4.69, 9.17) is 0 Å². The molecule has 0 aliphatic heterocycles. The van der Waals surface area contributed by atoms with E-state index in [2.05, 4.69) is 114 Å². The van der Waals surface area contributed by atoms with E-state index < -0.39 is 10.1 Å². The van der Waals surface area contributed by atoms with Crippen LogP contribution < -0.4 is 40.2 Å². The van der Waals surface area contributed by atoms with Gasteiger partial charge in [-0.2, -0.15) is 0 Å². The van der Waals surface area contributed by atoms with E-state index in [1.165, 1.54) is 17.2 Å². The fourth-order valence-electron chi connectivity index (χ4n) is 5.55. The van der Waals surface area contributed by atoms with Gasteiger partial charge in [0, 0.05) is 22.7 Å². The van der Waals surface area contributed by atoms with E-state index in [1.54, 1.807) is 19.1 Å². The Morgan fingerprint density at radius 2 is 1.10 bits per heavy atom. The van der Waals surface area contributed by atoms with Crippen LogP contribution in [0, 0.1) is 20.8 Å². The number of aryl methyl sites for hydroxylation is 3. The predicted molar refractivity (Wildman–Crippen MR) is 192 cm³/mol. The van der Waals surface area contributed by atoms with Gasteiger partial charge in [0.15, 0.2) is 0 Å². The zero-order chi connectivity index (χ0) is 33.0. The molecule has 0 aromatic heterocycles. The molecule has 0 heterocycles. The van der Waals surface area contributed by atoms with E-state index in [-0.39, 0.29) is 34.5 Å². The average molecular weight is 660 g/mol.